The van der Waals surface area contributed by atoms with Gasteiger partial charge >= 0.3 is 0 Å². The van der Waals surface area contributed by atoms with Crippen molar-refractivity contribution < 1.29 is 14.4 Å². The second-order valence-corrected chi connectivity index (χ2v) is 4.29. The number of aromatic nitrogens is 2. The molecule has 0 saturated carbocycles. The number of nitrogens with zero attached hydrogens (tertiary/aromatic N) is 1. The lowest BCUT2D eigenvalue weighted by Gasteiger charge is -2.21. The number of carbonyl (C=O) groups excluding carboxylic acids is 3. The van der Waals surface area contributed by atoms with Crippen LogP contribution < -0.4 is 10.6 Å². The van der Waals surface area contributed by atoms with Crippen LogP contribution in [0.15, 0.2) is 0 Å². The van der Waals surface area contributed by atoms with Crippen molar-refractivity contribution in [3.05, 3.63) is 17.0 Å². The molecular formula is C11H14N4O3. The van der Waals surface area contributed by atoms with Gasteiger partial charge in [0.25, 0.3) is 5.91 Å². The Balaban J connectivity index is 2.08. The van der Waals surface area contributed by atoms with Crippen LogP contribution >= 0.6 is 0 Å². The summed E-state index contributed by atoms with van der Waals surface area (Å²) in [5, 5.41) is 11.4. The van der Waals surface area contributed by atoms with Crippen LogP contribution in [0.1, 0.15) is 34.6 Å². The first kappa shape index (κ1) is 12.3. The fourth-order valence-electron chi connectivity index (χ4n) is 1.95. The zero-order valence-corrected chi connectivity index (χ0v) is 10.2. The number of imide groups is 1. The first-order valence-corrected chi connectivity index (χ1v) is 5.65. The maximum Gasteiger partial charge on any atom is 0.255 e. The number of aromatic amines is 1. The van der Waals surface area contributed by atoms with E-state index in [1.165, 1.54) is 0 Å². The summed E-state index contributed by atoms with van der Waals surface area (Å²) in [5.74, 6) is -1.12. The molecular weight excluding hydrogens is 236 g/mol. The van der Waals surface area contributed by atoms with Gasteiger partial charge in [0, 0.05) is 12.1 Å². The third-order valence-corrected chi connectivity index (χ3v) is 2.90. The predicted molar refractivity (Wildman–Crippen MR) is 61.7 cm³/mol. The summed E-state index contributed by atoms with van der Waals surface area (Å²) in [7, 11) is 0. The molecule has 1 fully saturated rings. The van der Waals surface area contributed by atoms with Crippen molar-refractivity contribution in [1.29, 1.82) is 0 Å². The fourth-order valence-corrected chi connectivity index (χ4v) is 1.95. The number of nitrogens with one attached hydrogen (secondary N) is 3. The summed E-state index contributed by atoms with van der Waals surface area (Å²) in [6.07, 6.45) is 0.562. The van der Waals surface area contributed by atoms with Gasteiger partial charge < -0.3 is 5.32 Å². The molecule has 7 heteroatoms. The molecule has 0 aliphatic carbocycles. The van der Waals surface area contributed by atoms with Gasteiger partial charge in [0.15, 0.2) is 0 Å². The third kappa shape index (κ3) is 2.24. The molecule has 0 aromatic carbocycles. The minimum atomic E-state index is -0.663. The summed E-state index contributed by atoms with van der Waals surface area (Å²) in [6, 6.07) is -0.663. The van der Waals surface area contributed by atoms with E-state index < -0.39 is 11.9 Å². The van der Waals surface area contributed by atoms with E-state index in [9.17, 15) is 14.4 Å². The van der Waals surface area contributed by atoms with Crippen LogP contribution in [0.5, 0.6) is 0 Å². The monoisotopic (exact) mass is 250 g/mol. The van der Waals surface area contributed by atoms with Crippen molar-refractivity contribution in [2.45, 2.75) is 32.7 Å². The molecule has 1 unspecified atom stereocenters. The van der Waals surface area contributed by atoms with Gasteiger partial charge in [0.2, 0.25) is 11.8 Å². The van der Waals surface area contributed by atoms with Crippen LogP contribution in [0.25, 0.3) is 0 Å². The van der Waals surface area contributed by atoms with Crippen LogP contribution in [-0.2, 0) is 9.59 Å². The molecule has 7 nitrogen and oxygen atoms in total. The number of hydrogen-bond donors (Lipinski definition) is 3. The van der Waals surface area contributed by atoms with Crippen molar-refractivity contribution in [2.24, 2.45) is 0 Å². The third-order valence-electron chi connectivity index (χ3n) is 2.90. The smallest absolute Gasteiger partial charge is 0.255 e. The highest BCUT2D eigenvalue weighted by Gasteiger charge is 2.29. The van der Waals surface area contributed by atoms with E-state index in [1.54, 1.807) is 13.8 Å². The summed E-state index contributed by atoms with van der Waals surface area (Å²) < 4.78 is 0. The van der Waals surface area contributed by atoms with Gasteiger partial charge in [-0.2, -0.15) is 5.10 Å². The lowest BCUT2D eigenvalue weighted by Crippen LogP contribution is -2.52. The Morgan fingerprint density at radius 3 is 2.67 bits per heavy atom. The van der Waals surface area contributed by atoms with Gasteiger partial charge in [-0.05, 0) is 20.3 Å². The van der Waals surface area contributed by atoms with Crippen LogP contribution in [0.2, 0.25) is 0 Å². The number of H-pyrrole nitrogens is 1. The number of amides is 3. The number of carbonyl (C=O) groups is 3. The quantitative estimate of drug-likeness (QED) is 0.619. The van der Waals surface area contributed by atoms with Crippen LogP contribution in [0.3, 0.4) is 0 Å². The van der Waals surface area contributed by atoms with E-state index in [1.807, 2.05) is 0 Å². The minimum absolute atomic E-state index is 0.236. The molecule has 1 saturated heterocycles. The molecule has 18 heavy (non-hydrogen) atoms. The Kier molecular flexibility index (Phi) is 3.14. The zero-order chi connectivity index (χ0) is 13.3. The van der Waals surface area contributed by atoms with Crippen molar-refractivity contribution in [3.63, 3.8) is 0 Å². The van der Waals surface area contributed by atoms with Gasteiger partial charge in [0.05, 0.1) is 11.3 Å². The predicted octanol–water partition coefficient (Wildman–Crippen LogP) is -0.438. The number of hydrogen-bond acceptors (Lipinski definition) is 4. The fraction of sp³-hybridized carbons (Fsp3) is 0.455. The van der Waals surface area contributed by atoms with Crippen LogP contribution in [0, 0.1) is 13.8 Å². The largest absolute Gasteiger partial charge is 0.340 e. The van der Waals surface area contributed by atoms with E-state index in [2.05, 4.69) is 20.8 Å². The van der Waals surface area contributed by atoms with Gasteiger partial charge in [-0.15, -0.1) is 0 Å². The lowest BCUT2D eigenvalue weighted by molar-refractivity contribution is -0.134. The molecule has 1 aliphatic heterocycles. The lowest BCUT2D eigenvalue weighted by atomic mass is 10.1. The van der Waals surface area contributed by atoms with E-state index in [0.717, 1.165) is 0 Å². The number of aryl methyl sites for hydroxylation is 2. The Hall–Kier alpha value is -2.18. The summed E-state index contributed by atoms with van der Waals surface area (Å²) in [5.41, 5.74) is 1.68. The molecule has 1 atom stereocenters. The second-order valence-electron chi connectivity index (χ2n) is 4.29. The van der Waals surface area contributed by atoms with Crippen molar-refractivity contribution >= 4 is 17.7 Å². The Labute approximate surface area is 103 Å². The van der Waals surface area contributed by atoms with Gasteiger partial charge in [-0.25, -0.2) is 0 Å². The molecule has 0 radical (unpaired) electrons. The first-order chi connectivity index (χ1) is 8.49. The average molecular weight is 250 g/mol. The zero-order valence-electron chi connectivity index (χ0n) is 10.2. The van der Waals surface area contributed by atoms with E-state index in [4.69, 9.17) is 0 Å². The molecule has 3 N–H and O–H groups in total. The van der Waals surface area contributed by atoms with Gasteiger partial charge in [0.1, 0.15) is 6.04 Å². The van der Waals surface area contributed by atoms with Crippen molar-refractivity contribution in [1.82, 2.24) is 20.8 Å². The molecule has 0 spiro atoms. The molecule has 2 heterocycles. The Bertz CT molecular complexity index is 501. The molecule has 2 rings (SSSR count). The normalized spacial score (nSPS) is 19.6. The van der Waals surface area contributed by atoms with Crippen LogP contribution in [-0.4, -0.2) is 34.0 Å². The summed E-state index contributed by atoms with van der Waals surface area (Å²) in [4.78, 5) is 34.5. The molecule has 96 valence electrons. The molecule has 1 aromatic heterocycles. The van der Waals surface area contributed by atoms with Gasteiger partial charge in [-0.3, -0.25) is 24.8 Å². The summed E-state index contributed by atoms with van der Waals surface area (Å²) in [6.45, 7) is 3.45. The van der Waals surface area contributed by atoms with E-state index in [0.29, 0.717) is 23.4 Å². The molecule has 1 aromatic rings. The Morgan fingerprint density at radius 2 is 2.11 bits per heavy atom. The molecule has 3 amide bonds. The maximum atomic E-state index is 12.0. The highest BCUT2D eigenvalue weighted by atomic mass is 16.2. The highest BCUT2D eigenvalue weighted by Crippen LogP contribution is 2.11. The van der Waals surface area contributed by atoms with Crippen LogP contribution in [0.4, 0.5) is 0 Å². The Morgan fingerprint density at radius 1 is 1.39 bits per heavy atom. The standard InChI is InChI=1S/C11H14N4O3/c1-5-9(6(2)15-14-5)11(18)12-7-3-4-8(16)13-10(7)17/h7H,3-4H2,1-2H3,(H,12,18)(H,14,15)(H,13,16,17). The number of rotatable bonds is 2. The molecule has 1 aliphatic rings. The van der Waals surface area contributed by atoms with Gasteiger partial charge in [-0.1, -0.05) is 0 Å². The van der Waals surface area contributed by atoms with E-state index in [-0.39, 0.29) is 18.2 Å². The minimum Gasteiger partial charge on any atom is -0.340 e. The first-order valence-electron chi connectivity index (χ1n) is 5.65. The van der Waals surface area contributed by atoms with Crippen molar-refractivity contribution in [2.75, 3.05) is 0 Å². The number of piperidine rings is 1. The highest BCUT2D eigenvalue weighted by molar-refractivity contribution is 6.04. The molecule has 0 bridgehead atoms. The topological polar surface area (TPSA) is 104 Å². The maximum absolute atomic E-state index is 12.0. The average Bonchev–Trinajstić information content (AvgIpc) is 2.62. The van der Waals surface area contributed by atoms with Crippen molar-refractivity contribution in [3.8, 4) is 0 Å². The van der Waals surface area contributed by atoms with E-state index >= 15 is 0 Å². The summed E-state index contributed by atoms with van der Waals surface area (Å²) >= 11 is 0. The SMILES string of the molecule is Cc1n[nH]c(C)c1C(=O)NC1CCC(=O)NC1=O. The second kappa shape index (κ2) is 4.59.